The predicted molar refractivity (Wildman–Crippen MR) is 73.8 cm³/mol. The van der Waals surface area contributed by atoms with Crippen LogP contribution in [0.1, 0.15) is 18.4 Å². The Kier molecular flexibility index (Phi) is 2.87. The number of hydrogen-bond acceptors (Lipinski definition) is 4. The molecule has 0 aromatic carbocycles. The van der Waals surface area contributed by atoms with Gasteiger partial charge in [-0.25, -0.2) is 4.98 Å². The third-order valence-electron chi connectivity index (χ3n) is 4.38. The van der Waals surface area contributed by atoms with E-state index in [9.17, 15) is 18.0 Å². The largest absolute Gasteiger partial charge is 0.417 e. The average molecular weight is 312 g/mol. The number of anilines is 2. The Balaban J connectivity index is 1.84. The molecule has 22 heavy (non-hydrogen) atoms. The topological polar surface area (TPSA) is 48.5 Å². The van der Waals surface area contributed by atoms with Crippen LogP contribution >= 0.6 is 0 Å². The fourth-order valence-electron chi connectivity index (χ4n) is 3.17. The number of rotatable bonds is 1. The number of amides is 1. The van der Waals surface area contributed by atoms with E-state index in [1.165, 1.54) is 4.90 Å². The standard InChI is InChI=1S/C14H15F3N4O/c15-14(16,17)8-5-10-12(19-6-8)20-4-3-18-7-11(20)13(22)21(10)9-1-2-9/h5-6,9,11,18H,1-4,7H2/t11-/m0/s1. The van der Waals surface area contributed by atoms with Gasteiger partial charge in [-0.1, -0.05) is 0 Å². The lowest BCUT2D eigenvalue weighted by molar-refractivity contribution is -0.137. The van der Waals surface area contributed by atoms with Crippen LogP contribution in [0.15, 0.2) is 12.3 Å². The van der Waals surface area contributed by atoms with Crippen molar-refractivity contribution in [2.24, 2.45) is 0 Å². The van der Waals surface area contributed by atoms with Crippen molar-refractivity contribution in [1.29, 1.82) is 0 Å². The van der Waals surface area contributed by atoms with E-state index in [0.29, 0.717) is 31.1 Å². The van der Waals surface area contributed by atoms with Gasteiger partial charge in [-0.05, 0) is 18.9 Å². The van der Waals surface area contributed by atoms with Crippen LogP contribution in [0.3, 0.4) is 0 Å². The number of aromatic nitrogens is 1. The monoisotopic (exact) mass is 312 g/mol. The first-order chi connectivity index (χ1) is 10.5. The van der Waals surface area contributed by atoms with Crippen molar-refractivity contribution in [3.8, 4) is 0 Å². The molecule has 5 nitrogen and oxygen atoms in total. The summed E-state index contributed by atoms with van der Waals surface area (Å²) in [6, 6.07) is 0.711. The molecule has 1 atom stereocenters. The Morgan fingerprint density at radius 3 is 2.77 bits per heavy atom. The van der Waals surface area contributed by atoms with Crippen LogP contribution < -0.4 is 15.1 Å². The summed E-state index contributed by atoms with van der Waals surface area (Å²) in [4.78, 5) is 20.1. The molecule has 1 aliphatic carbocycles. The molecule has 0 spiro atoms. The quantitative estimate of drug-likeness (QED) is 0.851. The van der Waals surface area contributed by atoms with E-state index >= 15 is 0 Å². The summed E-state index contributed by atoms with van der Waals surface area (Å²) in [6.45, 7) is 1.76. The van der Waals surface area contributed by atoms with E-state index in [4.69, 9.17) is 0 Å². The second kappa shape index (κ2) is 4.58. The molecule has 0 unspecified atom stereocenters. The lowest BCUT2D eigenvalue weighted by Crippen LogP contribution is -2.62. The molecule has 3 heterocycles. The van der Waals surface area contributed by atoms with Crippen LogP contribution in [0.2, 0.25) is 0 Å². The summed E-state index contributed by atoms with van der Waals surface area (Å²) in [6.07, 6.45) is -1.93. The minimum absolute atomic E-state index is 0.0145. The molecule has 1 N–H and O–H groups in total. The normalized spacial score (nSPS) is 25.0. The maximum atomic E-state index is 13.0. The third kappa shape index (κ3) is 2.05. The zero-order valence-corrected chi connectivity index (χ0v) is 11.7. The third-order valence-corrected chi connectivity index (χ3v) is 4.38. The average Bonchev–Trinajstić information content (AvgIpc) is 3.31. The summed E-state index contributed by atoms with van der Waals surface area (Å²) in [5, 5.41) is 3.16. The van der Waals surface area contributed by atoms with E-state index in [-0.39, 0.29) is 18.0 Å². The molecular weight excluding hydrogens is 297 g/mol. The molecule has 8 heteroatoms. The maximum absolute atomic E-state index is 13.0. The highest BCUT2D eigenvalue weighted by atomic mass is 19.4. The van der Waals surface area contributed by atoms with Gasteiger partial charge in [-0.15, -0.1) is 0 Å². The minimum atomic E-state index is -4.46. The molecule has 1 aromatic rings. The molecule has 118 valence electrons. The summed E-state index contributed by atoms with van der Waals surface area (Å²) in [5.74, 6) is 0.370. The van der Waals surface area contributed by atoms with E-state index in [1.807, 2.05) is 4.90 Å². The molecule has 1 aromatic heterocycles. The first-order valence-electron chi connectivity index (χ1n) is 7.34. The van der Waals surface area contributed by atoms with Crippen LogP contribution in [0.4, 0.5) is 24.7 Å². The molecular formula is C14H15F3N4O. The van der Waals surface area contributed by atoms with Crippen molar-refractivity contribution in [2.75, 3.05) is 29.4 Å². The van der Waals surface area contributed by atoms with E-state index in [1.54, 1.807) is 0 Å². The second-order valence-electron chi connectivity index (χ2n) is 5.92. The number of carbonyl (C=O) groups is 1. The number of pyridine rings is 1. The van der Waals surface area contributed by atoms with Gasteiger partial charge in [0.25, 0.3) is 5.91 Å². The zero-order valence-electron chi connectivity index (χ0n) is 11.7. The number of nitrogens with one attached hydrogen (secondary N) is 1. The number of hydrogen-bond donors (Lipinski definition) is 1. The first kappa shape index (κ1) is 13.8. The van der Waals surface area contributed by atoms with Gasteiger partial charge in [-0.3, -0.25) is 4.79 Å². The number of fused-ring (bicyclic) bond motifs is 3. The van der Waals surface area contributed by atoms with E-state index < -0.39 is 11.7 Å². The summed E-state index contributed by atoms with van der Waals surface area (Å²) < 4.78 is 38.9. The fraction of sp³-hybridized carbons (Fsp3) is 0.571. The summed E-state index contributed by atoms with van der Waals surface area (Å²) >= 11 is 0. The van der Waals surface area contributed by atoms with Gasteiger partial charge in [0, 0.05) is 31.9 Å². The molecule has 3 aliphatic rings. The van der Waals surface area contributed by atoms with Crippen LogP contribution in [0.5, 0.6) is 0 Å². The minimum Gasteiger partial charge on any atom is -0.340 e. The molecule has 2 aliphatic heterocycles. The van der Waals surface area contributed by atoms with Crippen LogP contribution in [-0.4, -0.2) is 42.6 Å². The van der Waals surface area contributed by atoms with E-state index in [0.717, 1.165) is 25.1 Å². The Morgan fingerprint density at radius 2 is 2.09 bits per heavy atom. The Hall–Kier alpha value is -1.83. The van der Waals surface area contributed by atoms with Crippen molar-refractivity contribution in [3.05, 3.63) is 17.8 Å². The second-order valence-corrected chi connectivity index (χ2v) is 5.92. The van der Waals surface area contributed by atoms with E-state index in [2.05, 4.69) is 10.3 Å². The van der Waals surface area contributed by atoms with Gasteiger partial charge in [0.1, 0.15) is 6.04 Å². The summed E-state index contributed by atoms with van der Waals surface area (Å²) in [7, 11) is 0. The predicted octanol–water partition coefficient (Wildman–Crippen LogP) is 1.39. The highest BCUT2D eigenvalue weighted by molar-refractivity contribution is 6.06. The van der Waals surface area contributed by atoms with Gasteiger partial charge >= 0.3 is 6.18 Å². The summed E-state index contributed by atoms with van der Waals surface area (Å²) in [5.41, 5.74) is -0.501. The van der Waals surface area contributed by atoms with Crippen molar-refractivity contribution >= 4 is 17.4 Å². The number of halogens is 3. The number of nitrogens with zero attached hydrogens (tertiary/aromatic N) is 3. The van der Waals surface area contributed by atoms with Crippen molar-refractivity contribution in [1.82, 2.24) is 10.3 Å². The smallest absolute Gasteiger partial charge is 0.340 e. The van der Waals surface area contributed by atoms with Gasteiger partial charge in [-0.2, -0.15) is 13.2 Å². The first-order valence-corrected chi connectivity index (χ1v) is 7.34. The number of carbonyl (C=O) groups excluding carboxylic acids is 1. The molecule has 2 fully saturated rings. The lowest BCUT2D eigenvalue weighted by atomic mass is 10.1. The molecule has 1 amide bonds. The van der Waals surface area contributed by atoms with Crippen LogP contribution in [-0.2, 0) is 11.0 Å². The van der Waals surface area contributed by atoms with Gasteiger partial charge in [0.05, 0.1) is 11.3 Å². The number of alkyl halides is 3. The highest BCUT2D eigenvalue weighted by Crippen LogP contribution is 2.43. The van der Waals surface area contributed by atoms with Gasteiger partial charge in [0.2, 0.25) is 0 Å². The van der Waals surface area contributed by atoms with Gasteiger partial charge in [0.15, 0.2) is 5.82 Å². The maximum Gasteiger partial charge on any atom is 0.417 e. The number of piperazine rings is 1. The highest BCUT2D eigenvalue weighted by Gasteiger charge is 2.46. The van der Waals surface area contributed by atoms with Crippen LogP contribution in [0, 0.1) is 0 Å². The Bertz CT molecular complexity index is 629. The van der Waals surface area contributed by atoms with Crippen molar-refractivity contribution < 1.29 is 18.0 Å². The molecule has 0 radical (unpaired) electrons. The van der Waals surface area contributed by atoms with Crippen molar-refractivity contribution in [3.63, 3.8) is 0 Å². The van der Waals surface area contributed by atoms with Crippen molar-refractivity contribution in [2.45, 2.75) is 31.1 Å². The van der Waals surface area contributed by atoms with Gasteiger partial charge < -0.3 is 15.1 Å². The Morgan fingerprint density at radius 1 is 1.32 bits per heavy atom. The lowest BCUT2D eigenvalue weighted by Gasteiger charge is -2.44. The molecule has 1 saturated carbocycles. The molecule has 4 rings (SSSR count). The molecule has 0 bridgehead atoms. The zero-order chi connectivity index (χ0) is 15.5. The molecule has 1 saturated heterocycles. The fourth-order valence-corrected chi connectivity index (χ4v) is 3.17. The van der Waals surface area contributed by atoms with Crippen LogP contribution in [0.25, 0.3) is 0 Å². The Labute approximate surface area is 125 Å². The SMILES string of the molecule is O=C1[C@@H]2CNCCN2c2ncc(C(F)(F)F)cc2N1C1CC1.